The number of H-pyrrole nitrogens is 1. The van der Waals surface area contributed by atoms with Crippen molar-refractivity contribution in [3.05, 3.63) is 17.2 Å². The number of aromatic nitrogens is 2. The average molecular weight is 239 g/mol. The number of ether oxygens (including phenoxy) is 1. The second-order valence-corrected chi connectivity index (χ2v) is 5.20. The zero-order valence-corrected chi connectivity index (χ0v) is 11.3. The van der Waals surface area contributed by atoms with Crippen LogP contribution in [0.4, 0.5) is 4.79 Å². The summed E-state index contributed by atoms with van der Waals surface area (Å²) in [6.45, 7) is 11.2. The van der Waals surface area contributed by atoms with Gasteiger partial charge >= 0.3 is 6.09 Å². The number of imidazole rings is 1. The van der Waals surface area contributed by atoms with Crippen LogP contribution in [-0.4, -0.2) is 21.7 Å². The van der Waals surface area contributed by atoms with E-state index in [1.54, 1.807) is 0 Å². The van der Waals surface area contributed by atoms with Crippen molar-refractivity contribution in [2.24, 2.45) is 0 Å². The van der Waals surface area contributed by atoms with E-state index in [0.717, 1.165) is 17.2 Å². The van der Waals surface area contributed by atoms with Crippen molar-refractivity contribution in [2.75, 3.05) is 0 Å². The third kappa shape index (κ3) is 4.09. The molecular weight excluding hydrogens is 218 g/mol. The molecule has 96 valence electrons. The fourth-order valence-corrected chi connectivity index (χ4v) is 1.33. The fraction of sp³-hybridized carbons (Fsp3) is 0.667. The van der Waals surface area contributed by atoms with E-state index < -0.39 is 11.7 Å². The number of nitrogens with zero attached hydrogens (tertiary/aromatic N) is 1. The number of carbonyl (C=O) groups excluding carboxylic acids is 1. The van der Waals surface area contributed by atoms with Gasteiger partial charge in [-0.15, -0.1) is 0 Å². The zero-order chi connectivity index (χ0) is 13.2. The van der Waals surface area contributed by atoms with Crippen LogP contribution >= 0.6 is 0 Å². The lowest BCUT2D eigenvalue weighted by atomic mass is 10.2. The molecule has 0 unspecified atom stereocenters. The van der Waals surface area contributed by atoms with Crippen molar-refractivity contribution in [1.29, 1.82) is 0 Å². The van der Waals surface area contributed by atoms with E-state index >= 15 is 0 Å². The first-order chi connectivity index (χ1) is 7.69. The summed E-state index contributed by atoms with van der Waals surface area (Å²) in [7, 11) is 0. The molecule has 1 aromatic heterocycles. The van der Waals surface area contributed by atoms with Gasteiger partial charge in [-0.1, -0.05) is 0 Å². The number of nitrogens with one attached hydrogen (secondary N) is 2. The highest BCUT2D eigenvalue weighted by molar-refractivity contribution is 5.68. The number of aryl methyl sites for hydroxylation is 2. The van der Waals surface area contributed by atoms with Crippen LogP contribution < -0.4 is 5.32 Å². The van der Waals surface area contributed by atoms with Gasteiger partial charge in [-0.05, 0) is 41.5 Å². The topological polar surface area (TPSA) is 67.0 Å². The molecule has 0 saturated heterocycles. The molecule has 1 atom stereocenters. The maximum absolute atomic E-state index is 11.6. The summed E-state index contributed by atoms with van der Waals surface area (Å²) in [6.07, 6.45) is -0.434. The Hall–Kier alpha value is -1.52. The molecule has 1 rings (SSSR count). The number of rotatable bonds is 2. The minimum Gasteiger partial charge on any atom is -0.444 e. The van der Waals surface area contributed by atoms with E-state index in [2.05, 4.69) is 15.3 Å². The molecule has 0 saturated carbocycles. The average Bonchev–Trinajstić information content (AvgIpc) is 2.43. The van der Waals surface area contributed by atoms with Crippen molar-refractivity contribution in [3.8, 4) is 0 Å². The van der Waals surface area contributed by atoms with Gasteiger partial charge < -0.3 is 15.0 Å². The Bertz CT molecular complexity index is 385. The van der Waals surface area contributed by atoms with Gasteiger partial charge in [-0.25, -0.2) is 9.78 Å². The van der Waals surface area contributed by atoms with Crippen molar-refractivity contribution >= 4 is 6.09 Å². The second-order valence-electron chi connectivity index (χ2n) is 5.20. The Morgan fingerprint density at radius 3 is 2.41 bits per heavy atom. The summed E-state index contributed by atoms with van der Waals surface area (Å²) in [6, 6.07) is -0.197. The van der Waals surface area contributed by atoms with Gasteiger partial charge in [0.25, 0.3) is 0 Å². The van der Waals surface area contributed by atoms with Crippen LogP contribution in [0.1, 0.15) is 50.9 Å². The third-order valence-electron chi connectivity index (χ3n) is 2.29. The number of amides is 1. The summed E-state index contributed by atoms with van der Waals surface area (Å²) >= 11 is 0. The highest BCUT2D eigenvalue weighted by atomic mass is 16.6. The van der Waals surface area contributed by atoms with Crippen LogP contribution in [0.25, 0.3) is 0 Å². The van der Waals surface area contributed by atoms with Crippen LogP contribution in [0.15, 0.2) is 0 Å². The van der Waals surface area contributed by atoms with E-state index in [1.807, 2.05) is 41.5 Å². The first-order valence-corrected chi connectivity index (χ1v) is 5.71. The molecule has 0 aliphatic carbocycles. The quantitative estimate of drug-likeness (QED) is 0.833. The molecule has 0 fully saturated rings. The Labute approximate surface area is 102 Å². The monoisotopic (exact) mass is 239 g/mol. The maximum Gasteiger partial charge on any atom is 0.408 e. The lowest BCUT2D eigenvalue weighted by Crippen LogP contribution is -2.34. The van der Waals surface area contributed by atoms with Crippen molar-refractivity contribution < 1.29 is 9.53 Å². The minimum atomic E-state index is -0.487. The number of carbonyl (C=O) groups is 1. The van der Waals surface area contributed by atoms with E-state index in [-0.39, 0.29) is 6.04 Å². The van der Waals surface area contributed by atoms with Gasteiger partial charge in [0.15, 0.2) is 0 Å². The molecule has 5 nitrogen and oxygen atoms in total. The van der Waals surface area contributed by atoms with Crippen molar-refractivity contribution in [3.63, 3.8) is 0 Å². The molecule has 0 spiro atoms. The number of hydrogen-bond acceptors (Lipinski definition) is 3. The van der Waals surface area contributed by atoms with Gasteiger partial charge in [0.05, 0.1) is 11.7 Å². The molecule has 5 heteroatoms. The summed E-state index contributed by atoms with van der Waals surface area (Å²) in [5.74, 6) is 0.742. The normalized spacial score (nSPS) is 13.3. The fourth-order valence-electron chi connectivity index (χ4n) is 1.33. The first kappa shape index (κ1) is 13.5. The van der Waals surface area contributed by atoms with Crippen molar-refractivity contribution in [1.82, 2.24) is 15.3 Å². The summed E-state index contributed by atoms with van der Waals surface area (Å²) in [4.78, 5) is 19.0. The standard InChI is InChI=1S/C12H21N3O2/c1-7-8(2)14-10(13-7)9(3)15-11(16)17-12(4,5)6/h9H,1-6H3,(H,13,14)(H,15,16)/t9-/m0/s1. The summed E-state index contributed by atoms with van der Waals surface area (Å²) in [5.41, 5.74) is 1.47. The lowest BCUT2D eigenvalue weighted by molar-refractivity contribution is 0.0506. The largest absolute Gasteiger partial charge is 0.444 e. The SMILES string of the molecule is Cc1nc([C@H](C)NC(=O)OC(C)(C)C)[nH]c1C. The van der Waals surface area contributed by atoms with Crippen LogP contribution in [-0.2, 0) is 4.74 Å². The number of aromatic amines is 1. The predicted octanol–water partition coefficient (Wildman–Crippen LogP) is 2.61. The summed E-state index contributed by atoms with van der Waals surface area (Å²) < 4.78 is 5.18. The molecule has 0 aliphatic heterocycles. The third-order valence-corrected chi connectivity index (χ3v) is 2.29. The molecule has 0 aliphatic rings. The molecule has 0 radical (unpaired) electrons. The minimum absolute atomic E-state index is 0.197. The highest BCUT2D eigenvalue weighted by Gasteiger charge is 2.19. The molecule has 1 heterocycles. The van der Waals surface area contributed by atoms with Crippen molar-refractivity contribution in [2.45, 2.75) is 53.2 Å². The van der Waals surface area contributed by atoms with E-state index in [9.17, 15) is 4.79 Å². The second kappa shape index (κ2) is 4.77. The van der Waals surface area contributed by atoms with E-state index in [1.165, 1.54) is 0 Å². The highest BCUT2D eigenvalue weighted by Crippen LogP contribution is 2.13. The molecule has 17 heavy (non-hydrogen) atoms. The van der Waals surface area contributed by atoms with Gasteiger partial charge in [0.2, 0.25) is 0 Å². The van der Waals surface area contributed by atoms with Gasteiger partial charge in [-0.2, -0.15) is 0 Å². The number of alkyl carbamates (subject to hydrolysis) is 1. The Morgan fingerprint density at radius 2 is 2.00 bits per heavy atom. The van der Waals surface area contributed by atoms with Crippen LogP contribution in [0.3, 0.4) is 0 Å². The predicted molar refractivity (Wildman–Crippen MR) is 65.8 cm³/mol. The summed E-state index contributed by atoms with van der Waals surface area (Å²) in [5, 5.41) is 2.74. The van der Waals surface area contributed by atoms with Gasteiger partial charge in [-0.3, -0.25) is 0 Å². The van der Waals surface area contributed by atoms with Crippen LogP contribution in [0.5, 0.6) is 0 Å². The molecule has 1 amide bonds. The zero-order valence-electron chi connectivity index (χ0n) is 11.3. The van der Waals surface area contributed by atoms with Gasteiger partial charge in [0, 0.05) is 5.69 Å². The molecule has 2 N–H and O–H groups in total. The van der Waals surface area contributed by atoms with Gasteiger partial charge in [0.1, 0.15) is 11.4 Å². The lowest BCUT2D eigenvalue weighted by Gasteiger charge is -2.21. The molecule has 1 aromatic rings. The first-order valence-electron chi connectivity index (χ1n) is 5.71. The maximum atomic E-state index is 11.6. The Kier molecular flexibility index (Phi) is 3.80. The molecule has 0 aromatic carbocycles. The Balaban J connectivity index is 2.60. The van der Waals surface area contributed by atoms with E-state index in [4.69, 9.17) is 4.74 Å². The Morgan fingerprint density at radius 1 is 1.41 bits per heavy atom. The van der Waals surface area contributed by atoms with Crippen LogP contribution in [0.2, 0.25) is 0 Å². The van der Waals surface area contributed by atoms with Crippen LogP contribution in [0, 0.1) is 13.8 Å². The number of hydrogen-bond donors (Lipinski definition) is 2. The molecular formula is C12H21N3O2. The smallest absolute Gasteiger partial charge is 0.408 e. The molecule has 0 bridgehead atoms. The van der Waals surface area contributed by atoms with E-state index in [0.29, 0.717) is 0 Å².